The van der Waals surface area contributed by atoms with E-state index in [1.165, 1.54) is 25.3 Å². The number of benzene rings is 4. The highest BCUT2D eigenvalue weighted by atomic mass is 16.7. The molecule has 1 spiro atoms. The molecule has 1 N–H and O–H groups in total. The van der Waals surface area contributed by atoms with Crippen LogP contribution in [0.2, 0.25) is 0 Å². The second-order valence-corrected chi connectivity index (χ2v) is 9.69. The Labute approximate surface area is 239 Å². The summed E-state index contributed by atoms with van der Waals surface area (Å²) < 4.78 is 18.0. The van der Waals surface area contributed by atoms with Gasteiger partial charge in [0.1, 0.15) is 22.7 Å². The summed E-state index contributed by atoms with van der Waals surface area (Å²) in [5, 5.41) is 3.08. The molecular formula is C33H20N2O7. The molecule has 9 heteroatoms. The maximum Gasteiger partial charge on any atom is 0.338 e. The number of allylic oxidation sites excluding steroid dienone is 1. The van der Waals surface area contributed by atoms with Gasteiger partial charge in [0.05, 0.1) is 18.4 Å². The molecule has 9 nitrogen and oxygen atoms in total. The van der Waals surface area contributed by atoms with E-state index in [9.17, 15) is 19.2 Å². The highest BCUT2D eigenvalue weighted by molar-refractivity contribution is 6.52. The van der Waals surface area contributed by atoms with Gasteiger partial charge in [-0.3, -0.25) is 14.4 Å². The zero-order valence-electron chi connectivity index (χ0n) is 22.0. The maximum absolute atomic E-state index is 14.5. The topological polar surface area (TPSA) is 120 Å². The molecule has 0 fully saturated rings. The molecule has 7 rings (SSSR count). The Kier molecular flexibility index (Phi) is 5.62. The minimum absolute atomic E-state index is 0.0144. The fourth-order valence-electron chi connectivity index (χ4n) is 5.38. The number of anilines is 1. The van der Waals surface area contributed by atoms with E-state index in [1.54, 1.807) is 78.9 Å². The third-order valence-electron chi connectivity index (χ3n) is 7.31. The first kappa shape index (κ1) is 25.2. The van der Waals surface area contributed by atoms with E-state index >= 15 is 0 Å². The van der Waals surface area contributed by atoms with E-state index in [0.29, 0.717) is 11.4 Å². The summed E-state index contributed by atoms with van der Waals surface area (Å²) in [6.45, 7) is 0. The van der Waals surface area contributed by atoms with Crippen LogP contribution in [0.4, 0.5) is 11.4 Å². The molecule has 0 bridgehead atoms. The van der Waals surface area contributed by atoms with Crippen molar-refractivity contribution in [2.75, 3.05) is 12.4 Å². The molecule has 0 aromatic heterocycles. The second-order valence-electron chi connectivity index (χ2n) is 9.69. The number of carbonyl (C=O) groups excluding carboxylic acids is 4. The predicted octanol–water partition coefficient (Wildman–Crippen LogP) is 5.36. The molecule has 1 aliphatic carbocycles. The number of aliphatic imine (C=N–C) groups is 1. The fraction of sp³-hybridized carbons (Fsp3) is 0.0606. The van der Waals surface area contributed by atoms with E-state index in [2.05, 4.69) is 10.3 Å². The van der Waals surface area contributed by atoms with Crippen molar-refractivity contribution in [1.82, 2.24) is 0 Å². The van der Waals surface area contributed by atoms with E-state index in [0.717, 1.165) is 0 Å². The Hall–Kier alpha value is -5.83. The van der Waals surface area contributed by atoms with Gasteiger partial charge in [-0.25, -0.2) is 9.79 Å². The number of hydrogen-bond donors (Lipinski definition) is 1. The molecule has 2 aliphatic heterocycles. The lowest BCUT2D eigenvalue weighted by atomic mass is 9.80. The highest BCUT2D eigenvalue weighted by Gasteiger charge is 2.58. The van der Waals surface area contributed by atoms with E-state index < -0.39 is 29.1 Å². The molecule has 0 saturated carbocycles. The van der Waals surface area contributed by atoms with Gasteiger partial charge in [-0.2, -0.15) is 0 Å². The van der Waals surface area contributed by atoms with Crippen molar-refractivity contribution in [1.29, 1.82) is 0 Å². The lowest BCUT2D eigenvalue weighted by Gasteiger charge is -2.39. The van der Waals surface area contributed by atoms with Crippen molar-refractivity contribution in [2.24, 2.45) is 4.99 Å². The molecule has 204 valence electrons. The normalized spacial score (nSPS) is 18.2. The van der Waals surface area contributed by atoms with E-state index in [4.69, 9.17) is 14.2 Å². The first-order valence-electron chi connectivity index (χ1n) is 13.0. The van der Waals surface area contributed by atoms with Crippen LogP contribution in [0.15, 0.2) is 113 Å². The summed E-state index contributed by atoms with van der Waals surface area (Å²) in [6, 6.07) is 25.9. The third kappa shape index (κ3) is 3.60. The standard InChI is InChI=1S/C33H20N2O7/c1-40-32(39)21-13-5-4-12-20(21)30(38)31-33(42-25-17-9-7-15-23(25)35-31)26-27(34-22-14-6-8-16-24(22)41-33)29(37)19-11-3-2-10-18(19)28(26)36/h2-17,34H,1H3. The number of methoxy groups -OCH3 is 1. The van der Waals surface area contributed by atoms with Crippen LogP contribution in [0.3, 0.4) is 0 Å². The first-order chi connectivity index (χ1) is 20.4. The Morgan fingerprint density at radius 3 is 2.10 bits per heavy atom. The van der Waals surface area contributed by atoms with Crippen molar-refractivity contribution in [3.63, 3.8) is 0 Å². The van der Waals surface area contributed by atoms with Gasteiger partial charge in [-0.15, -0.1) is 0 Å². The van der Waals surface area contributed by atoms with Crippen LogP contribution >= 0.6 is 0 Å². The second kappa shape index (κ2) is 9.38. The molecule has 1 atom stereocenters. The van der Waals surface area contributed by atoms with Crippen LogP contribution in [0.5, 0.6) is 11.5 Å². The van der Waals surface area contributed by atoms with Crippen LogP contribution in [0, 0.1) is 0 Å². The van der Waals surface area contributed by atoms with Crippen LogP contribution in [0.25, 0.3) is 0 Å². The van der Waals surface area contributed by atoms with Crippen LogP contribution < -0.4 is 14.8 Å². The molecule has 0 radical (unpaired) electrons. The van der Waals surface area contributed by atoms with Gasteiger partial charge in [0.25, 0.3) is 0 Å². The summed E-state index contributed by atoms with van der Waals surface area (Å²) in [5.74, 6) is -4.44. The van der Waals surface area contributed by atoms with Crippen molar-refractivity contribution in [3.05, 3.63) is 131 Å². The molecule has 4 aromatic carbocycles. The fourth-order valence-corrected chi connectivity index (χ4v) is 5.38. The van der Waals surface area contributed by atoms with Gasteiger partial charge < -0.3 is 19.5 Å². The third-order valence-corrected chi connectivity index (χ3v) is 7.31. The average molecular weight is 557 g/mol. The molecule has 42 heavy (non-hydrogen) atoms. The monoisotopic (exact) mass is 556 g/mol. The van der Waals surface area contributed by atoms with Gasteiger partial charge in [0.2, 0.25) is 11.6 Å². The van der Waals surface area contributed by atoms with Gasteiger partial charge >= 0.3 is 11.8 Å². The smallest absolute Gasteiger partial charge is 0.338 e. The van der Waals surface area contributed by atoms with Gasteiger partial charge in [-0.05, 0) is 30.3 Å². The van der Waals surface area contributed by atoms with Crippen LogP contribution in [0.1, 0.15) is 41.4 Å². The highest BCUT2D eigenvalue weighted by Crippen LogP contribution is 2.47. The van der Waals surface area contributed by atoms with Crippen molar-refractivity contribution in [2.45, 2.75) is 5.79 Å². The number of ketones is 3. The Bertz CT molecular complexity index is 1940. The van der Waals surface area contributed by atoms with E-state index in [-0.39, 0.29) is 50.7 Å². The number of rotatable bonds is 3. The summed E-state index contributed by atoms with van der Waals surface area (Å²) in [6.07, 6.45) is 0. The lowest BCUT2D eigenvalue weighted by molar-refractivity contribution is -0.0202. The minimum atomic E-state index is -2.32. The number of Topliss-reactive ketones (excluding diaryl/α,β-unsaturated/α-hetero) is 3. The molecule has 4 aromatic rings. The molecule has 2 heterocycles. The number of nitrogens with zero attached hydrogens (tertiary/aromatic N) is 1. The quantitative estimate of drug-likeness (QED) is 0.265. The van der Waals surface area contributed by atoms with Gasteiger partial charge in [-0.1, -0.05) is 66.7 Å². The van der Waals surface area contributed by atoms with E-state index in [1.807, 2.05) is 0 Å². The summed E-state index contributed by atoms with van der Waals surface area (Å²) in [7, 11) is 1.21. The van der Waals surface area contributed by atoms with Gasteiger partial charge in [0.15, 0.2) is 17.2 Å². The molecular weight excluding hydrogens is 536 g/mol. The number of hydrogen-bond acceptors (Lipinski definition) is 9. The zero-order valence-corrected chi connectivity index (χ0v) is 22.0. The van der Waals surface area contributed by atoms with Crippen molar-refractivity contribution < 1.29 is 33.4 Å². The molecule has 3 aliphatic rings. The maximum atomic E-state index is 14.5. The molecule has 1 unspecified atom stereocenters. The number of nitrogens with one attached hydrogen (secondary N) is 1. The summed E-state index contributed by atoms with van der Waals surface area (Å²) in [5.41, 5.74) is 0.256. The minimum Gasteiger partial charge on any atom is -0.465 e. The number of fused-ring (bicyclic) bond motifs is 4. The number of para-hydroxylation sites is 4. The summed E-state index contributed by atoms with van der Waals surface area (Å²) in [4.78, 5) is 60.2. The van der Waals surface area contributed by atoms with Crippen molar-refractivity contribution >= 4 is 40.4 Å². The Morgan fingerprint density at radius 1 is 0.738 bits per heavy atom. The van der Waals surface area contributed by atoms with Crippen LogP contribution in [-0.4, -0.2) is 41.9 Å². The SMILES string of the molecule is COC(=O)c1ccccc1C(=O)C1=Nc2ccccc2OC12Oc1ccccc1NC1=C2C(=O)c2ccccc2C1=O. The Morgan fingerprint density at radius 2 is 1.33 bits per heavy atom. The average Bonchev–Trinajstić information content (AvgIpc) is 3.17. The number of esters is 1. The molecule has 0 amide bonds. The largest absolute Gasteiger partial charge is 0.465 e. The number of carbonyl (C=O) groups is 4. The lowest BCUT2D eigenvalue weighted by Crippen LogP contribution is -2.58. The van der Waals surface area contributed by atoms with Crippen molar-refractivity contribution in [3.8, 4) is 11.5 Å². The molecule has 0 saturated heterocycles. The Balaban J connectivity index is 1.55. The zero-order chi connectivity index (χ0) is 29.0. The van der Waals surface area contributed by atoms with Gasteiger partial charge in [0, 0.05) is 16.7 Å². The predicted molar refractivity (Wildman–Crippen MR) is 152 cm³/mol. The first-order valence-corrected chi connectivity index (χ1v) is 13.0. The van der Waals surface area contributed by atoms with Crippen LogP contribution in [-0.2, 0) is 4.74 Å². The number of ether oxygens (including phenoxy) is 3. The summed E-state index contributed by atoms with van der Waals surface area (Å²) >= 11 is 0.